The Labute approximate surface area is 193 Å². The lowest BCUT2D eigenvalue weighted by atomic mass is 10.2. The molecule has 1 fully saturated rings. The largest absolute Gasteiger partial charge is 0.335 e. The number of hydrogen-bond acceptors (Lipinski definition) is 7. The molecule has 0 saturated carbocycles. The lowest BCUT2D eigenvalue weighted by molar-refractivity contribution is -0.385. The summed E-state index contributed by atoms with van der Waals surface area (Å²) in [5.41, 5.74) is 0.582. The van der Waals surface area contributed by atoms with Crippen LogP contribution in [0.5, 0.6) is 0 Å². The van der Waals surface area contributed by atoms with Gasteiger partial charge in [-0.25, -0.2) is 17.8 Å². The molecular formula is C21H19FN4O5S2. The van der Waals surface area contributed by atoms with Crippen molar-refractivity contribution >= 4 is 33.0 Å². The minimum absolute atomic E-state index is 0.0422. The van der Waals surface area contributed by atoms with E-state index in [2.05, 4.69) is 4.98 Å². The van der Waals surface area contributed by atoms with Gasteiger partial charge < -0.3 is 4.90 Å². The molecule has 0 N–H and O–H groups in total. The van der Waals surface area contributed by atoms with E-state index in [0.29, 0.717) is 16.1 Å². The van der Waals surface area contributed by atoms with Gasteiger partial charge in [0.25, 0.3) is 11.6 Å². The number of hydrogen-bond donors (Lipinski definition) is 0. The van der Waals surface area contributed by atoms with E-state index < -0.39 is 20.8 Å². The van der Waals surface area contributed by atoms with Crippen LogP contribution in [0.3, 0.4) is 0 Å². The van der Waals surface area contributed by atoms with Crippen LogP contribution in [0, 0.1) is 22.9 Å². The molecule has 9 nitrogen and oxygen atoms in total. The molecule has 0 aliphatic carbocycles. The summed E-state index contributed by atoms with van der Waals surface area (Å²) in [4.78, 5) is 28.9. The molecule has 1 saturated heterocycles. The number of aromatic nitrogens is 1. The number of sulfonamides is 1. The summed E-state index contributed by atoms with van der Waals surface area (Å²) in [5.74, 6) is -0.793. The maximum Gasteiger partial charge on any atom is 0.273 e. The van der Waals surface area contributed by atoms with Gasteiger partial charge in [-0.2, -0.15) is 4.31 Å². The van der Waals surface area contributed by atoms with Crippen LogP contribution < -0.4 is 0 Å². The molecule has 1 aliphatic rings. The highest BCUT2D eigenvalue weighted by atomic mass is 32.2. The van der Waals surface area contributed by atoms with Crippen LogP contribution in [0.4, 0.5) is 10.1 Å². The standard InChI is InChI=1S/C21H19FN4O5S2/c1-14-6-7-15(26(28)29)12-19(14)33(30,31)25-10-8-24(9-11-25)21(27)18-13-32-20(23-18)16-4-2-3-5-17(16)22/h2-7,12-13H,8-11H2,1H3. The average Bonchev–Trinajstić information content (AvgIpc) is 3.29. The molecule has 2 heterocycles. The predicted octanol–water partition coefficient (Wildman–Crippen LogP) is 3.31. The number of halogens is 1. The minimum Gasteiger partial charge on any atom is -0.335 e. The molecule has 2 aromatic carbocycles. The van der Waals surface area contributed by atoms with Crippen molar-refractivity contribution < 1.29 is 22.5 Å². The lowest BCUT2D eigenvalue weighted by Crippen LogP contribution is -2.50. The van der Waals surface area contributed by atoms with Crippen molar-refractivity contribution in [3.63, 3.8) is 0 Å². The van der Waals surface area contributed by atoms with E-state index in [-0.39, 0.29) is 48.4 Å². The van der Waals surface area contributed by atoms with Crippen LogP contribution in [0.1, 0.15) is 16.1 Å². The Morgan fingerprint density at radius 2 is 1.85 bits per heavy atom. The Bertz CT molecular complexity index is 1330. The molecule has 0 atom stereocenters. The first-order valence-electron chi connectivity index (χ1n) is 9.93. The number of benzene rings is 2. The fourth-order valence-corrected chi connectivity index (χ4v) is 6.03. The fraction of sp³-hybridized carbons (Fsp3) is 0.238. The van der Waals surface area contributed by atoms with Crippen LogP contribution in [-0.4, -0.2) is 59.6 Å². The highest BCUT2D eigenvalue weighted by molar-refractivity contribution is 7.89. The van der Waals surface area contributed by atoms with Gasteiger partial charge in [0.15, 0.2) is 0 Å². The number of rotatable bonds is 5. The van der Waals surface area contributed by atoms with E-state index in [0.717, 1.165) is 17.4 Å². The zero-order valence-corrected chi connectivity index (χ0v) is 19.1. The van der Waals surface area contributed by atoms with Crippen molar-refractivity contribution in [1.82, 2.24) is 14.2 Å². The van der Waals surface area contributed by atoms with Crippen LogP contribution in [-0.2, 0) is 10.0 Å². The van der Waals surface area contributed by atoms with E-state index in [1.165, 1.54) is 27.4 Å². The molecular weight excluding hydrogens is 471 g/mol. The molecule has 1 aromatic heterocycles. The Morgan fingerprint density at radius 3 is 2.52 bits per heavy atom. The second-order valence-corrected chi connectivity index (χ2v) is 10.2. The Hall–Kier alpha value is -3.22. The summed E-state index contributed by atoms with van der Waals surface area (Å²) in [6.07, 6.45) is 0. The summed E-state index contributed by atoms with van der Waals surface area (Å²) in [6, 6.07) is 9.88. The number of nitrogens with zero attached hydrogens (tertiary/aromatic N) is 4. The second-order valence-electron chi connectivity index (χ2n) is 7.42. The van der Waals surface area contributed by atoms with Crippen LogP contribution in [0.15, 0.2) is 52.7 Å². The van der Waals surface area contributed by atoms with Crippen molar-refractivity contribution in [1.29, 1.82) is 0 Å². The molecule has 3 aromatic rings. The number of carbonyl (C=O) groups excluding carboxylic acids is 1. The molecule has 0 spiro atoms. The monoisotopic (exact) mass is 490 g/mol. The normalized spacial score (nSPS) is 14.9. The second kappa shape index (κ2) is 8.96. The number of nitro groups is 1. The van der Waals surface area contributed by atoms with Crippen molar-refractivity contribution in [2.24, 2.45) is 0 Å². The summed E-state index contributed by atoms with van der Waals surface area (Å²) in [5, 5.41) is 13.0. The molecule has 12 heteroatoms. The third-order valence-electron chi connectivity index (χ3n) is 5.35. The number of non-ortho nitro benzene ring substituents is 1. The molecule has 33 heavy (non-hydrogen) atoms. The van der Waals surface area contributed by atoms with Gasteiger partial charge in [0, 0.05) is 49.3 Å². The van der Waals surface area contributed by atoms with Crippen LogP contribution in [0.2, 0.25) is 0 Å². The quantitative estimate of drug-likeness (QED) is 0.400. The third kappa shape index (κ3) is 4.49. The van der Waals surface area contributed by atoms with Gasteiger partial charge in [0.1, 0.15) is 16.5 Å². The van der Waals surface area contributed by atoms with E-state index >= 15 is 0 Å². The van der Waals surface area contributed by atoms with Gasteiger partial charge in [-0.1, -0.05) is 18.2 Å². The fourth-order valence-electron chi connectivity index (χ4n) is 3.54. The summed E-state index contributed by atoms with van der Waals surface area (Å²) in [7, 11) is -3.96. The smallest absolute Gasteiger partial charge is 0.273 e. The number of thiazole rings is 1. The Morgan fingerprint density at radius 1 is 1.15 bits per heavy atom. The van der Waals surface area contributed by atoms with Gasteiger partial charge in [0.2, 0.25) is 10.0 Å². The third-order valence-corrected chi connectivity index (χ3v) is 8.27. The zero-order chi connectivity index (χ0) is 23.8. The molecule has 1 amide bonds. The topological polar surface area (TPSA) is 114 Å². The molecule has 1 aliphatic heterocycles. The van der Waals surface area contributed by atoms with Crippen LogP contribution in [0.25, 0.3) is 10.6 Å². The molecule has 0 unspecified atom stereocenters. The van der Waals surface area contributed by atoms with Crippen molar-refractivity contribution in [3.05, 3.63) is 75.0 Å². The maximum absolute atomic E-state index is 14.0. The highest BCUT2D eigenvalue weighted by Gasteiger charge is 2.33. The summed E-state index contributed by atoms with van der Waals surface area (Å²) < 4.78 is 41.4. The SMILES string of the molecule is Cc1ccc([N+](=O)[O-])cc1S(=O)(=O)N1CCN(C(=O)c2csc(-c3ccccc3F)n2)CC1. The van der Waals surface area contributed by atoms with E-state index in [9.17, 15) is 27.7 Å². The number of nitro benzene ring substituents is 1. The first-order valence-corrected chi connectivity index (χ1v) is 12.3. The molecule has 4 rings (SSSR count). The maximum atomic E-state index is 14.0. The van der Waals surface area contributed by atoms with Gasteiger partial charge in [-0.05, 0) is 24.6 Å². The van der Waals surface area contributed by atoms with Gasteiger partial charge >= 0.3 is 0 Å². The predicted molar refractivity (Wildman–Crippen MR) is 120 cm³/mol. The average molecular weight is 491 g/mol. The minimum atomic E-state index is -3.96. The number of amides is 1. The van der Waals surface area contributed by atoms with E-state index in [1.807, 2.05) is 0 Å². The first kappa shape index (κ1) is 23.0. The molecule has 0 bridgehead atoms. The molecule has 0 radical (unpaired) electrons. The van der Waals surface area contributed by atoms with Gasteiger partial charge in [0.05, 0.1) is 9.82 Å². The lowest BCUT2D eigenvalue weighted by Gasteiger charge is -2.33. The zero-order valence-electron chi connectivity index (χ0n) is 17.5. The number of carbonyl (C=O) groups is 1. The number of aryl methyl sites for hydroxylation is 1. The summed E-state index contributed by atoms with van der Waals surface area (Å²) >= 11 is 1.16. The van der Waals surface area contributed by atoms with Crippen LogP contribution >= 0.6 is 11.3 Å². The van der Waals surface area contributed by atoms with Gasteiger partial charge in [-0.3, -0.25) is 14.9 Å². The van der Waals surface area contributed by atoms with Gasteiger partial charge in [-0.15, -0.1) is 11.3 Å². The van der Waals surface area contributed by atoms with Crippen molar-refractivity contribution in [2.45, 2.75) is 11.8 Å². The first-order chi connectivity index (χ1) is 15.7. The Balaban J connectivity index is 1.47. The summed E-state index contributed by atoms with van der Waals surface area (Å²) in [6.45, 7) is 1.93. The number of piperazine rings is 1. The van der Waals surface area contributed by atoms with E-state index in [1.54, 1.807) is 30.5 Å². The Kier molecular flexibility index (Phi) is 6.23. The van der Waals surface area contributed by atoms with Crippen molar-refractivity contribution in [2.75, 3.05) is 26.2 Å². The van der Waals surface area contributed by atoms with Crippen molar-refractivity contribution in [3.8, 4) is 10.6 Å². The van der Waals surface area contributed by atoms with E-state index in [4.69, 9.17) is 0 Å². The highest BCUT2D eigenvalue weighted by Crippen LogP contribution is 2.28. The molecule has 172 valence electrons.